The number of pyridine rings is 1. The molecule has 46 heavy (non-hydrogen) atoms. The molecular weight excluding hydrogens is 582 g/mol. The lowest BCUT2D eigenvalue weighted by Gasteiger charge is -2.32. The molecule has 2 aromatic carbocycles. The Labute approximate surface area is 268 Å². The van der Waals surface area contributed by atoms with Crippen molar-refractivity contribution in [2.75, 3.05) is 19.7 Å². The van der Waals surface area contributed by atoms with Crippen LogP contribution in [0, 0.1) is 6.92 Å². The van der Waals surface area contributed by atoms with Gasteiger partial charge in [-0.05, 0) is 95.1 Å². The maximum absolute atomic E-state index is 12.8. The molecule has 5 aromatic rings. The van der Waals surface area contributed by atoms with Crippen LogP contribution in [0.15, 0.2) is 59.0 Å². The SMILES string of the molecule is Cc1nc2cc(COc3cccc(C4CCN(Cc5nc6ccc(C(=O)OC(C)(C)C)cc6n5CC5CCO5)CC4)n3)ccc2o1. The van der Waals surface area contributed by atoms with Gasteiger partial charge in [-0.2, -0.15) is 0 Å². The molecule has 5 heterocycles. The van der Waals surface area contributed by atoms with Crippen molar-refractivity contribution in [2.45, 2.75) is 84.3 Å². The number of hydrogen-bond donors (Lipinski definition) is 0. The highest BCUT2D eigenvalue weighted by Crippen LogP contribution is 2.30. The minimum Gasteiger partial charge on any atom is -0.473 e. The Morgan fingerprint density at radius 1 is 0.978 bits per heavy atom. The molecule has 0 N–H and O–H groups in total. The molecule has 2 fully saturated rings. The van der Waals surface area contributed by atoms with Gasteiger partial charge >= 0.3 is 5.97 Å². The van der Waals surface area contributed by atoms with Crippen molar-refractivity contribution in [3.8, 4) is 5.88 Å². The van der Waals surface area contributed by atoms with E-state index in [4.69, 9.17) is 28.6 Å². The maximum Gasteiger partial charge on any atom is 0.338 e. The molecule has 240 valence electrons. The molecule has 7 rings (SSSR count). The fourth-order valence-electron chi connectivity index (χ4n) is 6.25. The van der Waals surface area contributed by atoms with Gasteiger partial charge in [-0.15, -0.1) is 0 Å². The molecule has 1 atom stereocenters. The van der Waals surface area contributed by atoms with Crippen molar-refractivity contribution < 1.29 is 23.4 Å². The van der Waals surface area contributed by atoms with Crippen LogP contribution >= 0.6 is 0 Å². The van der Waals surface area contributed by atoms with Crippen molar-refractivity contribution in [3.05, 3.63) is 83.1 Å². The summed E-state index contributed by atoms with van der Waals surface area (Å²) in [4.78, 5) is 29.6. The van der Waals surface area contributed by atoms with Crippen molar-refractivity contribution in [1.82, 2.24) is 24.4 Å². The number of ether oxygens (including phenoxy) is 3. The highest BCUT2D eigenvalue weighted by molar-refractivity contribution is 5.94. The van der Waals surface area contributed by atoms with E-state index in [9.17, 15) is 4.79 Å². The lowest BCUT2D eigenvalue weighted by atomic mass is 9.93. The summed E-state index contributed by atoms with van der Waals surface area (Å²) < 4.78 is 25.3. The maximum atomic E-state index is 12.8. The Hall–Kier alpha value is -4.28. The van der Waals surface area contributed by atoms with E-state index >= 15 is 0 Å². The molecule has 3 aromatic heterocycles. The number of likely N-dealkylation sites (tertiary alicyclic amines) is 1. The molecule has 10 heteroatoms. The van der Waals surface area contributed by atoms with E-state index in [0.29, 0.717) is 29.9 Å². The highest BCUT2D eigenvalue weighted by Gasteiger charge is 2.27. The minimum atomic E-state index is -0.555. The summed E-state index contributed by atoms with van der Waals surface area (Å²) in [5.74, 6) is 2.33. The number of piperidine rings is 1. The number of benzene rings is 2. The van der Waals surface area contributed by atoms with Gasteiger partial charge in [-0.1, -0.05) is 12.1 Å². The first-order valence-electron chi connectivity index (χ1n) is 16.2. The molecule has 0 amide bonds. The standard InChI is InChI=1S/C36H41N5O5/c1-23-37-30-18-24(8-11-32(30)45-23)22-44-34-7-5-6-28(39-34)25-12-15-40(16-13-25)21-33-38-29-10-9-26(35(42)46-36(2,3)4)19-31(29)41(33)20-27-14-17-43-27/h5-11,18-19,25,27H,12-17,20-22H2,1-4H3. The molecule has 2 aliphatic rings. The van der Waals surface area contributed by atoms with Crippen LogP contribution < -0.4 is 4.74 Å². The van der Waals surface area contributed by atoms with E-state index in [1.807, 2.05) is 76.2 Å². The Morgan fingerprint density at radius 2 is 1.80 bits per heavy atom. The molecular formula is C36H41N5O5. The number of carbonyl (C=O) groups is 1. The van der Waals surface area contributed by atoms with E-state index in [-0.39, 0.29) is 12.1 Å². The van der Waals surface area contributed by atoms with Gasteiger partial charge in [0.15, 0.2) is 11.5 Å². The van der Waals surface area contributed by atoms with Gasteiger partial charge in [0, 0.05) is 31.2 Å². The van der Waals surface area contributed by atoms with Gasteiger partial charge < -0.3 is 23.2 Å². The lowest BCUT2D eigenvalue weighted by molar-refractivity contribution is -0.0592. The summed E-state index contributed by atoms with van der Waals surface area (Å²) in [6, 6.07) is 17.6. The number of imidazole rings is 1. The zero-order chi connectivity index (χ0) is 31.8. The fourth-order valence-corrected chi connectivity index (χ4v) is 6.25. The number of aromatic nitrogens is 4. The van der Waals surface area contributed by atoms with E-state index < -0.39 is 5.60 Å². The number of aryl methyl sites for hydroxylation is 1. The summed E-state index contributed by atoms with van der Waals surface area (Å²) in [5.41, 5.74) is 5.53. The summed E-state index contributed by atoms with van der Waals surface area (Å²) in [6.45, 7) is 12.1. The van der Waals surface area contributed by atoms with Gasteiger partial charge in [-0.25, -0.2) is 19.7 Å². The molecule has 1 unspecified atom stereocenters. The molecule has 0 aliphatic carbocycles. The largest absolute Gasteiger partial charge is 0.473 e. The van der Waals surface area contributed by atoms with E-state index in [1.165, 1.54) is 0 Å². The number of carbonyl (C=O) groups excluding carboxylic acids is 1. The molecule has 0 spiro atoms. The van der Waals surface area contributed by atoms with Crippen molar-refractivity contribution in [1.29, 1.82) is 0 Å². The fraction of sp³-hybridized carbons (Fsp3) is 0.444. The Balaban J connectivity index is 1.00. The molecule has 0 bridgehead atoms. The second-order valence-electron chi connectivity index (χ2n) is 13.4. The van der Waals surface area contributed by atoms with Gasteiger partial charge in [0.05, 0.1) is 35.8 Å². The van der Waals surface area contributed by atoms with Crippen LogP contribution in [0.5, 0.6) is 5.88 Å². The van der Waals surface area contributed by atoms with E-state index in [1.54, 1.807) is 0 Å². The predicted octanol–water partition coefficient (Wildman–Crippen LogP) is 6.58. The van der Waals surface area contributed by atoms with Crippen molar-refractivity contribution >= 4 is 28.1 Å². The first-order chi connectivity index (χ1) is 22.2. The number of oxazole rings is 1. The number of nitrogens with zero attached hydrogens (tertiary/aromatic N) is 5. The second kappa shape index (κ2) is 12.5. The van der Waals surface area contributed by atoms with Gasteiger partial charge in [0.1, 0.15) is 23.5 Å². The molecule has 0 saturated carbocycles. The third kappa shape index (κ3) is 6.78. The molecule has 10 nitrogen and oxygen atoms in total. The normalized spacial score (nSPS) is 17.8. The first-order valence-corrected chi connectivity index (χ1v) is 16.2. The highest BCUT2D eigenvalue weighted by atomic mass is 16.6. The summed E-state index contributed by atoms with van der Waals surface area (Å²) in [6.07, 6.45) is 3.21. The van der Waals surface area contributed by atoms with Crippen molar-refractivity contribution in [3.63, 3.8) is 0 Å². The molecule has 2 aliphatic heterocycles. The average molecular weight is 624 g/mol. The lowest BCUT2D eigenvalue weighted by Crippen LogP contribution is -2.35. The topological polar surface area (TPSA) is 105 Å². The number of rotatable bonds is 9. The third-order valence-electron chi connectivity index (χ3n) is 8.70. The van der Waals surface area contributed by atoms with Crippen molar-refractivity contribution in [2.24, 2.45) is 0 Å². The zero-order valence-corrected chi connectivity index (χ0v) is 27.0. The average Bonchev–Trinajstić information content (AvgIpc) is 3.55. The van der Waals surface area contributed by atoms with Crippen LogP contribution in [0.3, 0.4) is 0 Å². The number of hydrogen-bond acceptors (Lipinski definition) is 9. The number of esters is 1. The quantitative estimate of drug-likeness (QED) is 0.168. The van der Waals surface area contributed by atoms with Gasteiger partial charge in [0.2, 0.25) is 5.88 Å². The Kier molecular flexibility index (Phi) is 8.25. The monoisotopic (exact) mass is 623 g/mol. The van der Waals surface area contributed by atoms with Crippen LogP contribution in [0.2, 0.25) is 0 Å². The summed E-state index contributed by atoms with van der Waals surface area (Å²) in [7, 11) is 0. The van der Waals surface area contributed by atoms with Crippen LogP contribution in [-0.4, -0.2) is 61.8 Å². The molecule has 0 radical (unpaired) electrons. The Morgan fingerprint density at radius 3 is 2.57 bits per heavy atom. The van der Waals surface area contributed by atoms with E-state index in [2.05, 4.69) is 20.5 Å². The zero-order valence-electron chi connectivity index (χ0n) is 27.0. The van der Waals surface area contributed by atoms with Crippen LogP contribution in [0.1, 0.15) is 79.3 Å². The number of fused-ring (bicyclic) bond motifs is 2. The van der Waals surface area contributed by atoms with E-state index in [0.717, 1.165) is 91.3 Å². The second-order valence-corrected chi connectivity index (χ2v) is 13.4. The van der Waals surface area contributed by atoms with Gasteiger partial charge in [-0.3, -0.25) is 4.90 Å². The summed E-state index contributed by atoms with van der Waals surface area (Å²) >= 11 is 0. The van der Waals surface area contributed by atoms with Crippen LogP contribution in [0.4, 0.5) is 0 Å². The van der Waals surface area contributed by atoms with Crippen LogP contribution in [-0.2, 0) is 29.2 Å². The first kappa shape index (κ1) is 30.4. The third-order valence-corrected chi connectivity index (χ3v) is 8.70. The Bertz CT molecular complexity index is 1860. The molecule has 2 saturated heterocycles. The van der Waals surface area contributed by atoms with Gasteiger partial charge in [0.25, 0.3) is 0 Å². The smallest absolute Gasteiger partial charge is 0.338 e. The summed E-state index contributed by atoms with van der Waals surface area (Å²) in [5, 5.41) is 0. The minimum absolute atomic E-state index is 0.169. The van der Waals surface area contributed by atoms with Crippen LogP contribution in [0.25, 0.3) is 22.1 Å². The predicted molar refractivity (Wildman–Crippen MR) is 174 cm³/mol.